The number of terminal acetylenes is 1. The van der Waals surface area contributed by atoms with E-state index in [-0.39, 0.29) is 5.82 Å². The van der Waals surface area contributed by atoms with E-state index in [1.54, 1.807) is 26.3 Å². The lowest BCUT2D eigenvalue weighted by Crippen LogP contribution is -2.01. The van der Waals surface area contributed by atoms with E-state index < -0.39 is 0 Å². The molecular formula is C24H24FN3O. The van der Waals surface area contributed by atoms with Crippen molar-refractivity contribution in [1.29, 1.82) is 0 Å². The number of methoxy groups -OCH3 is 1. The largest absolute Gasteiger partial charge is 0.497 e. The number of hydrogen-bond acceptors (Lipinski definition) is 4. The molecular weight excluding hydrogens is 365 g/mol. The van der Waals surface area contributed by atoms with Crippen molar-refractivity contribution in [3.8, 4) is 29.7 Å². The van der Waals surface area contributed by atoms with Crippen LogP contribution in [-0.2, 0) is 0 Å². The first-order valence-electron chi connectivity index (χ1n) is 8.82. The number of rotatable bonds is 6. The molecule has 0 atom stereocenters. The Labute approximate surface area is 171 Å². The number of benzene rings is 3. The Kier molecular flexibility index (Phi) is 7.27. The number of anilines is 3. The molecule has 148 valence electrons. The van der Waals surface area contributed by atoms with Gasteiger partial charge >= 0.3 is 0 Å². The first-order chi connectivity index (χ1) is 14.0. The fraction of sp³-hybridized carbons (Fsp3) is 0.0833. The Bertz CT molecular complexity index is 1010. The minimum absolute atomic E-state index is 0.302. The van der Waals surface area contributed by atoms with E-state index in [4.69, 9.17) is 10.5 Å². The number of hydrogen-bond donors (Lipinski definition) is 3. The second-order valence-electron chi connectivity index (χ2n) is 6.08. The molecule has 3 rings (SSSR count). The molecule has 0 radical (unpaired) electrons. The number of ether oxygens (including phenoxy) is 1. The number of nitrogens with two attached hydrogens (primary N) is 1. The lowest BCUT2D eigenvalue weighted by molar-refractivity contribution is 0.415. The van der Waals surface area contributed by atoms with Gasteiger partial charge < -0.3 is 21.1 Å². The van der Waals surface area contributed by atoms with Crippen molar-refractivity contribution >= 4 is 22.8 Å². The standard InChI is InChI=1S/C22H22FN3O.C2H2/c1-14(15-4-8-18(27-3)9-5-15)26-22-13-17(6-10-20(22)24)16-7-11-21(25-2)19(23)12-16;1-2/h4-13,25-26H,1,24H2,2-3H3;1-2H. The minimum Gasteiger partial charge on any atom is -0.497 e. The number of nitrogen functional groups attached to an aromatic ring is 1. The molecule has 0 fully saturated rings. The fourth-order valence-corrected chi connectivity index (χ4v) is 2.77. The normalized spacial score (nSPS) is 9.69. The van der Waals surface area contributed by atoms with Crippen LogP contribution in [0.25, 0.3) is 16.8 Å². The molecule has 0 unspecified atom stereocenters. The molecule has 3 aromatic rings. The van der Waals surface area contributed by atoms with E-state index >= 15 is 0 Å². The predicted octanol–water partition coefficient (Wildman–Crippen LogP) is 5.46. The topological polar surface area (TPSA) is 59.3 Å². The lowest BCUT2D eigenvalue weighted by Gasteiger charge is -2.14. The second kappa shape index (κ2) is 9.86. The van der Waals surface area contributed by atoms with Gasteiger partial charge in [-0.1, -0.05) is 18.7 Å². The highest BCUT2D eigenvalue weighted by Crippen LogP contribution is 2.31. The third kappa shape index (κ3) is 5.08. The van der Waals surface area contributed by atoms with Gasteiger partial charge in [0.05, 0.1) is 24.2 Å². The summed E-state index contributed by atoms with van der Waals surface area (Å²) >= 11 is 0. The molecule has 0 aliphatic heterocycles. The summed E-state index contributed by atoms with van der Waals surface area (Å²) in [5.41, 5.74) is 11.1. The second-order valence-corrected chi connectivity index (χ2v) is 6.08. The quantitative estimate of drug-likeness (QED) is 0.387. The highest BCUT2D eigenvalue weighted by Gasteiger charge is 2.08. The zero-order valence-electron chi connectivity index (χ0n) is 16.5. The van der Waals surface area contributed by atoms with E-state index in [2.05, 4.69) is 30.1 Å². The van der Waals surface area contributed by atoms with Crippen LogP contribution in [0, 0.1) is 18.7 Å². The maximum Gasteiger partial charge on any atom is 0.146 e. The Hall–Kier alpha value is -3.91. The maximum atomic E-state index is 14.1. The van der Waals surface area contributed by atoms with E-state index in [1.165, 1.54) is 6.07 Å². The highest BCUT2D eigenvalue weighted by atomic mass is 19.1. The molecule has 4 N–H and O–H groups in total. The third-order valence-electron chi connectivity index (χ3n) is 4.35. The third-order valence-corrected chi connectivity index (χ3v) is 4.35. The molecule has 0 bridgehead atoms. The minimum atomic E-state index is -0.302. The molecule has 0 heterocycles. The van der Waals surface area contributed by atoms with Crippen molar-refractivity contribution in [3.63, 3.8) is 0 Å². The maximum absolute atomic E-state index is 14.1. The van der Waals surface area contributed by atoms with Crippen LogP contribution in [0.5, 0.6) is 5.75 Å². The number of halogens is 1. The predicted molar refractivity (Wildman–Crippen MR) is 121 cm³/mol. The van der Waals surface area contributed by atoms with Crippen LogP contribution in [0.3, 0.4) is 0 Å². The molecule has 0 saturated heterocycles. The molecule has 0 aliphatic carbocycles. The summed E-state index contributed by atoms with van der Waals surface area (Å²) in [6.07, 6.45) is 8.00. The average molecular weight is 389 g/mol. The summed E-state index contributed by atoms with van der Waals surface area (Å²) in [4.78, 5) is 0. The van der Waals surface area contributed by atoms with E-state index in [0.29, 0.717) is 22.8 Å². The smallest absolute Gasteiger partial charge is 0.146 e. The van der Waals surface area contributed by atoms with Gasteiger partial charge in [0.25, 0.3) is 0 Å². The van der Waals surface area contributed by atoms with Gasteiger partial charge in [-0.2, -0.15) is 0 Å². The van der Waals surface area contributed by atoms with Crippen molar-refractivity contribution in [3.05, 3.63) is 78.6 Å². The Morgan fingerprint density at radius 1 is 0.966 bits per heavy atom. The van der Waals surface area contributed by atoms with Crippen LogP contribution in [0.15, 0.2) is 67.2 Å². The van der Waals surface area contributed by atoms with Crippen molar-refractivity contribution in [2.75, 3.05) is 30.5 Å². The lowest BCUT2D eigenvalue weighted by atomic mass is 10.0. The van der Waals surface area contributed by atoms with Crippen LogP contribution in [-0.4, -0.2) is 14.2 Å². The van der Waals surface area contributed by atoms with Crippen molar-refractivity contribution in [2.24, 2.45) is 0 Å². The molecule has 3 aromatic carbocycles. The van der Waals surface area contributed by atoms with Gasteiger partial charge in [-0.15, -0.1) is 12.8 Å². The van der Waals surface area contributed by atoms with Gasteiger partial charge in [-0.05, 0) is 65.2 Å². The molecule has 5 heteroatoms. The number of nitrogens with one attached hydrogen (secondary N) is 2. The summed E-state index contributed by atoms with van der Waals surface area (Å²) in [6.45, 7) is 4.08. The zero-order chi connectivity index (χ0) is 21.4. The summed E-state index contributed by atoms with van der Waals surface area (Å²) in [7, 11) is 3.31. The monoisotopic (exact) mass is 389 g/mol. The Morgan fingerprint density at radius 3 is 2.17 bits per heavy atom. The van der Waals surface area contributed by atoms with Crippen molar-refractivity contribution < 1.29 is 9.13 Å². The summed E-state index contributed by atoms with van der Waals surface area (Å²) < 4.78 is 19.3. The Morgan fingerprint density at radius 2 is 1.59 bits per heavy atom. The molecule has 29 heavy (non-hydrogen) atoms. The van der Waals surface area contributed by atoms with E-state index in [9.17, 15) is 4.39 Å². The van der Waals surface area contributed by atoms with Crippen molar-refractivity contribution in [1.82, 2.24) is 0 Å². The van der Waals surface area contributed by atoms with Gasteiger partial charge in [0.2, 0.25) is 0 Å². The van der Waals surface area contributed by atoms with Gasteiger partial charge in [0, 0.05) is 12.7 Å². The highest BCUT2D eigenvalue weighted by molar-refractivity contribution is 5.84. The van der Waals surface area contributed by atoms with Crippen molar-refractivity contribution in [2.45, 2.75) is 0 Å². The molecule has 0 saturated carbocycles. The van der Waals surface area contributed by atoms with Crippen LogP contribution < -0.4 is 21.1 Å². The molecule has 0 amide bonds. The average Bonchev–Trinajstić information content (AvgIpc) is 2.76. The van der Waals surface area contributed by atoms with Crippen LogP contribution in [0.1, 0.15) is 5.56 Å². The molecule has 0 aliphatic rings. The first kappa shape index (κ1) is 21.4. The van der Waals surface area contributed by atoms with Crippen LogP contribution in [0.4, 0.5) is 21.5 Å². The van der Waals surface area contributed by atoms with Crippen LogP contribution in [0.2, 0.25) is 0 Å². The summed E-state index contributed by atoms with van der Waals surface area (Å²) in [5, 5.41) is 6.06. The van der Waals surface area contributed by atoms with Gasteiger partial charge in [-0.25, -0.2) is 4.39 Å². The molecule has 0 spiro atoms. The first-order valence-corrected chi connectivity index (χ1v) is 8.82. The van der Waals surface area contributed by atoms with Gasteiger partial charge in [-0.3, -0.25) is 0 Å². The molecule has 4 nitrogen and oxygen atoms in total. The van der Waals surface area contributed by atoms with E-state index in [0.717, 1.165) is 22.4 Å². The van der Waals surface area contributed by atoms with Gasteiger partial charge in [0.15, 0.2) is 0 Å². The summed E-state index contributed by atoms with van der Waals surface area (Å²) in [5.74, 6) is 0.476. The fourth-order valence-electron chi connectivity index (χ4n) is 2.77. The SMILES string of the molecule is C#C.C=C(Nc1cc(-c2ccc(NC)c(F)c2)ccc1N)c1ccc(OC)cc1. The van der Waals surface area contributed by atoms with E-state index in [1.807, 2.05) is 42.5 Å². The molecule has 0 aromatic heterocycles. The Balaban J connectivity index is 0.00000145. The zero-order valence-corrected chi connectivity index (χ0v) is 16.5. The van der Waals surface area contributed by atoms with Crippen LogP contribution >= 0.6 is 0 Å². The summed E-state index contributed by atoms with van der Waals surface area (Å²) in [6, 6.07) is 18.2. The van der Waals surface area contributed by atoms with Gasteiger partial charge in [0.1, 0.15) is 11.6 Å².